The summed E-state index contributed by atoms with van der Waals surface area (Å²) in [5.74, 6) is 0.275. The van der Waals surface area contributed by atoms with Crippen molar-refractivity contribution >= 4 is 24.5 Å². The van der Waals surface area contributed by atoms with Gasteiger partial charge in [0.2, 0.25) is 0 Å². The molecule has 0 saturated heterocycles. The van der Waals surface area contributed by atoms with Gasteiger partial charge in [-0.05, 0) is 47.2 Å². The van der Waals surface area contributed by atoms with Gasteiger partial charge in [-0.2, -0.15) is 0 Å². The van der Waals surface area contributed by atoms with Gasteiger partial charge < -0.3 is 4.43 Å². The average Bonchev–Trinajstić information content (AvgIpc) is 2.73. The molecule has 3 rings (SSSR count). The maximum absolute atomic E-state index is 12.7. The number of ketones is 1. The Balaban J connectivity index is 1.98. The van der Waals surface area contributed by atoms with Crippen LogP contribution >= 0.6 is 0 Å². The Hall–Kier alpha value is -1.97. The highest BCUT2D eigenvalue weighted by Gasteiger charge is 2.50. The zero-order valence-electron chi connectivity index (χ0n) is 18.3. The van der Waals surface area contributed by atoms with Crippen LogP contribution in [0.25, 0.3) is 0 Å². The van der Waals surface area contributed by atoms with Crippen molar-refractivity contribution in [3.05, 3.63) is 72.8 Å². The van der Waals surface area contributed by atoms with Gasteiger partial charge in [0.15, 0.2) is 5.78 Å². The van der Waals surface area contributed by atoms with E-state index in [4.69, 9.17) is 4.43 Å². The standard InChI is InChI=1S/C26H34O2Si/c1-5-26(19-13-12-18-24(26)27)20-21-28-29(25(2,3)4,22-14-8-6-9-15-22)23-16-10-7-11-17-23/h6-12,14-18H,5,13,19-21H2,1-4H3. The van der Waals surface area contributed by atoms with Gasteiger partial charge in [-0.3, -0.25) is 4.79 Å². The fourth-order valence-electron chi connectivity index (χ4n) is 4.79. The molecular weight excluding hydrogens is 372 g/mol. The number of benzene rings is 2. The molecule has 2 aromatic carbocycles. The van der Waals surface area contributed by atoms with Crippen molar-refractivity contribution in [2.75, 3.05) is 6.61 Å². The highest BCUT2D eigenvalue weighted by atomic mass is 28.4. The van der Waals surface area contributed by atoms with Crippen LogP contribution in [0.4, 0.5) is 0 Å². The number of hydrogen-bond acceptors (Lipinski definition) is 2. The maximum Gasteiger partial charge on any atom is 0.261 e. The van der Waals surface area contributed by atoms with Gasteiger partial charge in [0, 0.05) is 12.0 Å². The van der Waals surface area contributed by atoms with Crippen molar-refractivity contribution in [1.82, 2.24) is 0 Å². The topological polar surface area (TPSA) is 26.3 Å². The highest BCUT2D eigenvalue weighted by molar-refractivity contribution is 6.99. The molecule has 0 aromatic heterocycles. The van der Waals surface area contributed by atoms with Crippen molar-refractivity contribution in [3.8, 4) is 0 Å². The first-order valence-corrected chi connectivity index (χ1v) is 12.7. The van der Waals surface area contributed by atoms with Crippen LogP contribution in [-0.2, 0) is 9.22 Å². The molecule has 1 atom stereocenters. The fourth-order valence-corrected chi connectivity index (χ4v) is 9.35. The summed E-state index contributed by atoms with van der Waals surface area (Å²) in [5, 5.41) is 2.55. The first-order chi connectivity index (χ1) is 13.9. The molecule has 0 spiro atoms. The van der Waals surface area contributed by atoms with Crippen LogP contribution in [0.2, 0.25) is 5.04 Å². The number of rotatable bonds is 7. The van der Waals surface area contributed by atoms with Crippen LogP contribution in [0.15, 0.2) is 72.8 Å². The Labute approximate surface area is 177 Å². The molecule has 1 aliphatic rings. The summed E-state index contributed by atoms with van der Waals surface area (Å²) >= 11 is 0. The van der Waals surface area contributed by atoms with E-state index in [1.54, 1.807) is 6.08 Å². The van der Waals surface area contributed by atoms with Crippen molar-refractivity contribution in [2.24, 2.45) is 5.41 Å². The molecule has 0 bridgehead atoms. The lowest BCUT2D eigenvalue weighted by molar-refractivity contribution is -0.125. The molecule has 154 valence electrons. The lowest BCUT2D eigenvalue weighted by Gasteiger charge is -2.44. The van der Waals surface area contributed by atoms with E-state index in [1.165, 1.54) is 10.4 Å². The van der Waals surface area contributed by atoms with E-state index in [0.29, 0.717) is 6.61 Å². The molecule has 1 aliphatic carbocycles. The molecule has 0 N–H and O–H groups in total. The number of hydrogen-bond donors (Lipinski definition) is 0. The predicted molar refractivity (Wildman–Crippen MR) is 124 cm³/mol. The van der Waals surface area contributed by atoms with Crippen molar-refractivity contribution in [3.63, 3.8) is 0 Å². The smallest absolute Gasteiger partial charge is 0.261 e. The first-order valence-electron chi connectivity index (χ1n) is 10.8. The minimum absolute atomic E-state index is 0.0361. The zero-order chi connectivity index (χ0) is 21.0. The highest BCUT2D eigenvalue weighted by Crippen LogP contribution is 2.40. The lowest BCUT2D eigenvalue weighted by atomic mass is 9.72. The summed E-state index contributed by atoms with van der Waals surface area (Å²) < 4.78 is 7.01. The van der Waals surface area contributed by atoms with E-state index in [9.17, 15) is 4.79 Å². The third-order valence-corrected chi connectivity index (χ3v) is 11.6. The van der Waals surface area contributed by atoms with E-state index >= 15 is 0 Å². The van der Waals surface area contributed by atoms with Crippen LogP contribution in [0.3, 0.4) is 0 Å². The van der Waals surface area contributed by atoms with E-state index in [0.717, 1.165) is 25.7 Å². The van der Waals surface area contributed by atoms with Crippen LogP contribution in [0.5, 0.6) is 0 Å². The van der Waals surface area contributed by atoms with E-state index in [-0.39, 0.29) is 16.2 Å². The van der Waals surface area contributed by atoms with Crippen molar-refractivity contribution in [1.29, 1.82) is 0 Å². The van der Waals surface area contributed by atoms with E-state index in [1.807, 2.05) is 6.08 Å². The second kappa shape index (κ2) is 8.81. The molecule has 0 radical (unpaired) electrons. The Morgan fingerprint density at radius 3 is 1.97 bits per heavy atom. The number of carbonyl (C=O) groups excluding carboxylic acids is 1. The number of carbonyl (C=O) groups is 1. The van der Waals surface area contributed by atoms with Gasteiger partial charge in [-0.15, -0.1) is 0 Å². The fraction of sp³-hybridized carbons (Fsp3) is 0.423. The third kappa shape index (κ3) is 4.17. The summed E-state index contributed by atoms with van der Waals surface area (Å²) in [6, 6.07) is 21.4. The average molecular weight is 407 g/mol. The first kappa shape index (κ1) is 21.7. The molecule has 29 heavy (non-hydrogen) atoms. The molecule has 0 aliphatic heterocycles. The molecule has 2 nitrogen and oxygen atoms in total. The SMILES string of the molecule is CCC1(CCO[Si](c2ccccc2)(c2ccccc2)C(C)(C)C)CCC=CC1=O. The third-order valence-electron chi connectivity index (χ3n) is 6.57. The van der Waals surface area contributed by atoms with Gasteiger partial charge in [0.1, 0.15) is 0 Å². The molecule has 0 fully saturated rings. The van der Waals surface area contributed by atoms with Crippen molar-refractivity contribution in [2.45, 2.75) is 58.4 Å². The number of allylic oxidation sites excluding steroid dienone is 2. The molecule has 0 amide bonds. The van der Waals surface area contributed by atoms with Crippen molar-refractivity contribution < 1.29 is 9.22 Å². The summed E-state index contributed by atoms with van der Waals surface area (Å²) in [5.41, 5.74) is -0.264. The molecule has 0 saturated carbocycles. The zero-order valence-corrected chi connectivity index (χ0v) is 19.3. The minimum Gasteiger partial charge on any atom is -0.407 e. The van der Waals surface area contributed by atoms with Gasteiger partial charge in [-0.25, -0.2) is 0 Å². The molecule has 3 heteroatoms. The maximum atomic E-state index is 12.7. The van der Waals surface area contributed by atoms with E-state index < -0.39 is 8.32 Å². The Morgan fingerprint density at radius 2 is 1.52 bits per heavy atom. The Bertz CT molecular complexity index is 797. The van der Waals surface area contributed by atoms with E-state index in [2.05, 4.69) is 88.4 Å². The molecular formula is C26H34O2Si. The predicted octanol–water partition coefficient (Wildman–Crippen LogP) is 5.27. The Morgan fingerprint density at radius 1 is 0.966 bits per heavy atom. The van der Waals surface area contributed by atoms with Gasteiger partial charge >= 0.3 is 0 Å². The van der Waals surface area contributed by atoms with Gasteiger partial charge in [-0.1, -0.05) is 94.4 Å². The molecule has 0 heterocycles. The monoisotopic (exact) mass is 406 g/mol. The van der Waals surface area contributed by atoms with Crippen LogP contribution in [0, 0.1) is 5.41 Å². The summed E-state index contributed by atoms with van der Waals surface area (Å²) in [6.45, 7) is 9.64. The Kier molecular flexibility index (Phi) is 6.60. The van der Waals surface area contributed by atoms with Crippen LogP contribution < -0.4 is 10.4 Å². The van der Waals surface area contributed by atoms with Crippen LogP contribution in [0.1, 0.15) is 53.4 Å². The van der Waals surface area contributed by atoms with Gasteiger partial charge in [0.05, 0.1) is 0 Å². The normalized spacial score (nSPS) is 20.1. The molecule has 2 aromatic rings. The second-order valence-electron chi connectivity index (χ2n) is 9.20. The summed E-state index contributed by atoms with van der Waals surface area (Å²) in [6.07, 6.45) is 7.38. The summed E-state index contributed by atoms with van der Waals surface area (Å²) in [7, 11) is -2.53. The quantitative estimate of drug-likeness (QED) is 0.586. The summed E-state index contributed by atoms with van der Waals surface area (Å²) in [4.78, 5) is 12.7. The van der Waals surface area contributed by atoms with Gasteiger partial charge in [0.25, 0.3) is 8.32 Å². The largest absolute Gasteiger partial charge is 0.407 e. The van der Waals surface area contributed by atoms with Crippen LogP contribution in [-0.4, -0.2) is 20.7 Å². The lowest BCUT2D eigenvalue weighted by Crippen LogP contribution is -2.66. The molecule has 1 unspecified atom stereocenters. The second-order valence-corrected chi connectivity index (χ2v) is 13.5. The minimum atomic E-state index is -2.53.